The Balaban J connectivity index is 1.76. The zero-order valence-corrected chi connectivity index (χ0v) is 27.8. The number of hydrogen-bond donors (Lipinski definition) is 1. The number of halogens is 2. The van der Waals surface area contributed by atoms with Crippen LogP contribution in [0.5, 0.6) is 11.5 Å². The van der Waals surface area contributed by atoms with Crippen LogP contribution >= 0.6 is 23.1 Å². The van der Waals surface area contributed by atoms with Gasteiger partial charge in [0, 0.05) is 36.3 Å². The molecule has 1 heterocycles. The number of unbranched alkanes of at least 4 members (excludes halogenated alkanes) is 1. The lowest BCUT2D eigenvalue weighted by Gasteiger charge is -2.36. The first-order valence-corrected chi connectivity index (χ1v) is 18.6. The molecule has 0 atom stereocenters. The van der Waals surface area contributed by atoms with Gasteiger partial charge in [0.1, 0.15) is 28.5 Å². The fourth-order valence-corrected chi connectivity index (χ4v) is 7.23. The van der Waals surface area contributed by atoms with E-state index in [4.69, 9.17) is 25.5 Å². The Labute approximate surface area is 252 Å². The molecule has 2 aromatic carbocycles. The van der Waals surface area contributed by atoms with Crippen LogP contribution in [0.15, 0.2) is 41.6 Å². The molecular weight excluding hydrogens is 607 g/mol. The maximum atomic E-state index is 15.4. The molecule has 0 bridgehead atoms. The third-order valence-corrected chi connectivity index (χ3v) is 14.5. The van der Waals surface area contributed by atoms with E-state index in [0.29, 0.717) is 35.9 Å². The number of aromatic nitrogens is 2. The van der Waals surface area contributed by atoms with Gasteiger partial charge in [-0.3, -0.25) is 0 Å². The number of anilines is 2. The molecule has 0 aliphatic heterocycles. The van der Waals surface area contributed by atoms with E-state index in [1.165, 1.54) is 20.5 Å². The molecule has 0 aliphatic carbocycles. The summed E-state index contributed by atoms with van der Waals surface area (Å²) in [6.45, 7) is 12.0. The first-order valence-electron chi connectivity index (χ1n) is 13.1. The van der Waals surface area contributed by atoms with Gasteiger partial charge in [-0.25, -0.2) is 22.1 Å². The highest BCUT2D eigenvalue weighted by Gasteiger charge is 2.37. The van der Waals surface area contributed by atoms with Crippen molar-refractivity contribution < 1.29 is 26.7 Å². The Bertz CT molecular complexity index is 1420. The van der Waals surface area contributed by atoms with Crippen LogP contribution in [-0.2, 0) is 21.0 Å². The Kier molecular flexibility index (Phi) is 11.0. The van der Waals surface area contributed by atoms with Crippen molar-refractivity contribution in [1.29, 1.82) is 0 Å². The number of sulfonamides is 1. The fraction of sp³-hybridized carbons (Fsp3) is 0.481. The fourth-order valence-electron chi connectivity index (χ4n) is 3.64. The molecule has 1 aromatic heterocycles. The van der Waals surface area contributed by atoms with Gasteiger partial charge in [0.2, 0.25) is 5.13 Å². The van der Waals surface area contributed by atoms with E-state index in [1.54, 1.807) is 18.2 Å². The minimum Gasteiger partial charge on any atom is -0.497 e. The molecule has 0 saturated carbocycles. The Morgan fingerprint density at radius 1 is 1.12 bits per heavy atom. The molecule has 0 unspecified atom stereocenters. The maximum absolute atomic E-state index is 15.4. The third kappa shape index (κ3) is 8.10. The van der Waals surface area contributed by atoms with Crippen molar-refractivity contribution in [3.8, 4) is 11.5 Å². The van der Waals surface area contributed by atoms with Crippen molar-refractivity contribution in [2.75, 3.05) is 37.0 Å². The lowest BCUT2D eigenvalue weighted by Crippen LogP contribution is -2.41. The summed E-state index contributed by atoms with van der Waals surface area (Å²) in [4.78, 5) is 3.50. The van der Waals surface area contributed by atoms with Gasteiger partial charge < -0.3 is 19.2 Å². The SMILES string of the molecule is COc1ccc(CN(c2ncns2)S(=O)(=O)c2cc(Cl)c(NCCCCO[Si](C)(C)C(C)(C)C)cc2F)c(OC)c1. The predicted octanol–water partition coefficient (Wildman–Crippen LogP) is 6.96. The first-order chi connectivity index (χ1) is 19.2. The zero-order chi connectivity index (χ0) is 30.4. The summed E-state index contributed by atoms with van der Waals surface area (Å²) < 4.78 is 64.8. The average molecular weight is 645 g/mol. The van der Waals surface area contributed by atoms with E-state index in [-0.39, 0.29) is 21.7 Å². The zero-order valence-electron chi connectivity index (χ0n) is 24.5. The van der Waals surface area contributed by atoms with Crippen molar-refractivity contribution in [3.05, 3.63) is 53.1 Å². The molecule has 0 radical (unpaired) electrons. The van der Waals surface area contributed by atoms with Crippen LogP contribution in [0, 0.1) is 5.82 Å². The van der Waals surface area contributed by atoms with Crippen LogP contribution in [-0.4, -0.2) is 53.5 Å². The van der Waals surface area contributed by atoms with Gasteiger partial charge in [-0.2, -0.15) is 4.37 Å². The summed E-state index contributed by atoms with van der Waals surface area (Å²) in [6, 6.07) is 7.22. The van der Waals surface area contributed by atoms with Gasteiger partial charge in [-0.15, -0.1) is 0 Å². The summed E-state index contributed by atoms with van der Waals surface area (Å²) in [7, 11) is -3.26. The Morgan fingerprint density at radius 3 is 2.46 bits per heavy atom. The highest BCUT2D eigenvalue weighted by Crippen LogP contribution is 2.37. The molecule has 0 spiro atoms. The van der Waals surface area contributed by atoms with Gasteiger partial charge in [0.05, 0.1) is 31.5 Å². The van der Waals surface area contributed by atoms with Gasteiger partial charge in [0.25, 0.3) is 10.0 Å². The minimum absolute atomic E-state index is 0.0699. The number of ether oxygens (including phenoxy) is 2. The highest BCUT2D eigenvalue weighted by atomic mass is 35.5. The molecule has 0 amide bonds. The normalized spacial score (nSPS) is 12.3. The number of hydrogen-bond acceptors (Lipinski definition) is 9. The van der Waals surface area contributed by atoms with Crippen LogP contribution in [0.4, 0.5) is 15.2 Å². The summed E-state index contributed by atoms with van der Waals surface area (Å²) in [5, 5.41) is 3.41. The molecule has 3 rings (SSSR count). The summed E-state index contributed by atoms with van der Waals surface area (Å²) in [6.07, 6.45) is 2.85. The van der Waals surface area contributed by atoms with E-state index < -0.39 is 29.1 Å². The Morgan fingerprint density at radius 2 is 1.85 bits per heavy atom. The van der Waals surface area contributed by atoms with Gasteiger partial charge >= 0.3 is 0 Å². The second kappa shape index (κ2) is 13.7. The number of rotatable bonds is 14. The molecule has 226 valence electrons. The van der Waals surface area contributed by atoms with Crippen molar-refractivity contribution in [3.63, 3.8) is 0 Å². The second-order valence-corrected chi connectivity index (χ2v) is 18.7. The quantitative estimate of drug-likeness (QED) is 0.148. The Hall–Kier alpha value is -2.45. The number of methoxy groups -OCH3 is 2. The maximum Gasteiger partial charge on any atom is 0.269 e. The number of nitrogens with one attached hydrogen (secondary N) is 1. The number of nitrogens with zero attached hydrogens (tertiary/aromatic N) is 3. The summed E-state index contributed by atoms with van der Waals surface area (Å²) in [5.74, 6) is 0.0103. The van der Waals surface area contributed by atoms with Crippen LogP contribution in [0.25, 0.3) is 0 Å². The van der Waals surface area contributed by atoms with Crippen LogP contribution in [0.1, 0.15) is 39.2 Å². The molecular formula is C27H38ClFN4O5S2Si. The van der Waals surface area contributed by atoms with Crippen LogP contribution < -0.4 is 19.1 Å². The van der Waals surface area contributed by atoms with Gasteiger partial charge in [0.15, 0.2) is 8.32 Å². The van der Waals surface area contributed by atoms with E-state index in [0.717, 1.165) is 40.8 Å². The molecule has 14 heteroatoms. The smallest absolute Gasteiger partial charge is 0.269 e. The van der Waals surface area contributed by atoms with Crippen molar-refractivity contribution in [1.82, 2.24) is 9.36 Å². The van der Waals surface area contributed by atoms with E-state index in [1.807, 2.05) is 0 Å². The van der Waals surface area contributed by atoms with Gasteiger partial charge in [-0.1, -0.05) is 32.4 Å². The molecule has 0 saturated heterocycles. The first kappa shape index (κ1) is 33.1. The second-order valence-electron chi connectivity index (χ2n) is 10.9. The van der Waals surface area contributed by atoms with Crippen LogP contribution in [0.3, 0.4) is 0 Å². The molecule has 0 aliphatic rings. The van der Waals surface area contributed by atoms with E-state index >= 15 is 4.39 Å². The molecule has 3 aromatic rings. The molecule has 9 nitrogen and oxygen atoms in total. The average Bonchev–Trinajstić information content (AvgIpc) is 3.44. The third-order valence-electron chi connectivity index (χ3n) is 7.12. The monoisotopic (exact) mass is 644 g/mol. The van der Waals surface area contributed by atoms with Crippen LogP contribution in [0.2, 0.25) is 23.2 Å². The molecule has 41 heavy (non-hydrogen) atoms. The van der Waals surface area contributed by atoms with Gasteiger partial charge in [-0.05, 0) is 55.2 Å². The topological polar surface area (TPSA) is 103 Å². The van der Waals surface area contributed by atoms with Crippen molar-refractivity contribution in [2.24, 2.45) is 0 Å². The largest absolute Gasteiger partial charge is 0.497 e. The lowest BCUT2D eigenvalue weighted by atomic mass is 10.2. The minimum atomic E-state index is -4.44. The highest BCUT2D eigenvalue weighted by molar-refractivity contribution is 7.93. The molecule has 0 fully saturated rings. The lowest BCUT2D eigenvalue weighted by molar-refractivity contribution is 0.280. The van der Waals surface area contributed by atoms with E-state index in [2.05, 4.69) is 48.5 Å². The van der Waals surface area contributed by atoms with Crippen molar-refractivity contribution >= 4 is 52.3 Å². The summed E-state index contributed by atoms with van der Waals surface area (Å²) in [5.41, 5.74) is 0.835. The predicted molar refractivity (Wildman–Crippen MR) is 165 cm³/mol. The molecule has 1 N–H and O–H groups in total. The van der Waals surface area contributed by atoms with E-state index in [9.17, 15) is 8.42 Å². The van der Waals surface area contributed by atoms with Crippen molar-refractivity contribution in [2.45, 2.75) is 63.2 Å². The standard InChI is InChI=1S/C27H38ClFN4O5S2Si/c1-27(2,3)41(6,7)38-13-9-8-12-30-23-16-22(29)25(15-21(23)28)40(34,35)33(26-31-18-32-39-26)17-19-10-11-20(36-4)14-24(19)37-5/h10-11,14-16,18,30H,8-9,12-13,17H2,1-7H3. The number of benzene rings is 2. The summed E-state index contributed by atoms with van der Waals surface area (Å²) >= 11 is 7.31.